The molecule has 1 aliphatic rings. The Bertz CT molecular complexity index is 480. The number of nitrogens with zero attached hydrogens (tertiary/aromatic N) is 1. The third-order valence-electron chi connectivity index (χ3n) is 3.98. The minimum atomic E-state index is -4.12. The molecular weight excluding hydrogens is 283 g/mol. The van der Waals surface area contributed by atoms with Crippen molar-refractivity contribution in [2.75, 3.05) is 25.1 Å². The number of aliphatic hydroxyl groups is 1. The molecule has 1 aromatic rings. The van der Waals surface area contributed by atoms with Crippen molar-refractivity contribution < 1.29 is 23.0 Å². The average molecular weight is 303 g/mol. The SMILES string of the molecule is COc1cccc(N2CCC(C(F)(F)F)CC2)c1[C@H](C)O. The Hall–Kier alpha value is -1.43. The van der Waals surface area contributed by atoms with Crippen LogP contribution in [0.4, 0.5) is 18.9 Å². The van der Waals surface area contributed by atoms with Crippen LogP contribution in [0.25, 0.3) is 0 Å². The van der Waals surface area contributed by atoms with Crippen molar-refractivity contribution in [3.8, 4) is 5.75 Å². The van der Waals surface area contributed by atoms with E-state index >= 15 is 0 Å². The first-order chi connectivity index (χ1) is 9.84. The quantitative estimate of drug-likeness (QED) is 0.927. The standard InChI is InChI=1S/C15H20F3NO2/c1-10(20)14-12(4-3-5-13(14)21-2)19-8-6-11(7-9-19)15(16,17)18/h3-5,10-11,20H,6-9H2,1-2H3/t10-/m0/s1. The molecule has 0 radical (unpaired) electrons. The van der Waals surface area contributed by atoms with Gasteiger partial charge in [-0.3, -0.25) is 0 Å². The number of benzene rings is 1. The highest BCUT2D eigenvalue weighted by molar-refractivity contribution is 5.60. The van der Waals surface area contributed by atoms with Gasteiger partial charge < -0.3 is 14.7 Å². The summed E-state index contributed by atoms with van der Waals surface area (Å²) in [6.07, 6.45) is -4.69. The van der Waals surface area contributed by atoms with E-state index in [1.54, 1.807) is 19.1 Å². The summed E-state index contributed by atoms with van der Waals surface area (Å²) in [4.78, 5) is 1.90. The van der Waals surface area contributed by atoms with E-state index in [4.69, 9.17) is 4.74 Å². The topological polar surface area (TPSA) is 32.7 Å². The molecule has 0 spiro atoms. The van der Waals surface area contributed by atoms with Crippen molar-refractivity contribution in [3.63, 3.8) is 0 Å². The molecule has 21 heavy (non-hydrogen) atoms. The van der Waals surface area contributed by atoms with Gasteiger partial charge in [0.05, 0.1) is 19.1 Å². The van der Waals surface area contributed by atoms with Gasteiger partial charge in [-0.25, -0.2) is 0 Å². The lowest BCUT2D eigenvalue weighted by atomic mass is 9.95. The number of anilines is 1. The normalized spacial score (nSPS) is 18.7. The summed E-state index contributed by atoms with van der Waals surface area (Å²) in [5.74, 6) is -0.671. The second-order valence-electron chi connectivity index (χ2n) is 5.37. The minimum Gasteiger partial charge on any atom is -0.496 e. The smallest absolute Gasteiger partial charge is 0.391 e. The molecule has 1 aromatic carbocycles. The van der Waals surface area contributed by atoms with Crippen LogP contribution < -0.4 is 9.64 Å². The molecule has 0 aliphatic carbocycles. The van der Waals surface area contributed by atoms with Gasteiger partial charge in [0.1, 0.15) is 5.75 Å². The average Bonchev–Trinajstić information content (AvgIpc) is 2.45. The van der Waals surface area contributed by atoms with Crippen LogP contribution >= 0.6 is 0 Å². The highest BCUT2D eigenvalue weighted by Gasteiger charge is 2.41. The number of rotatable bonds is 3. The van der Waals surface area contributed by atoms with Gasteiger partial charge in [-0.1, -0.05) is 6.07 Å². The van der Waals surface area contributed by atoms with Gasteiger partial charge in [-0.15, -0.1) is 0 Å². The van der Waals surface area contributed by atoms with Crippen molar-refractivity contribution in [3.05, 3.63) is 23.8 Å². The van der Waals surface area contributed by atoms with Crippen LogP contribution in [0.5, 0.6) is 5.75 Å². The second kappa shape index (κ2) is 6.13. The van der Waals surface area contributed by atoms with Crippen LogP contribution in [0.15, 0.2) is 18.2 Å². The van der Waals surface area contributed by atoms with Crippen LogP contribution in [0.3, 0.4) is 0 Å². The molecule has 0 aromatic heterocycles. The number of halogens is 3. The Morgan fingerprint density at radius 3 is 2.38 bits per heavy atom. The van der Waals surface area contributed by atoms with E-state index in [1.165, 1.54) is 7.11 Å². The number of alkyl halides is 3. The number of aliphatic hydroxyl groups excluding tert-OH is 1. The van der Waals surface area contributed by atoms with E-state index in [0.29, 0.717) is 24.4 Å². The Balaban J connectivity index is 2.21. The second-order valence-corrected chi connectivity index (χ2v) is 5.37. The van der Waals surface area contributed by atoms with Gasteiger partial charge in [0.15, 0.2) is 0 Å². The van der Waals surface area contributed by atoms with Crippen LogP contribution in [0.2, 0.25) is 0 Å². The summed E-state index contributed by atoms with van der Waals surface area (Å²) in [5.41, 5.74) is 1.38. The van der Waals surface area contributed by atoms with Crippen LogP contribution in [0, 0.1) is 5.92 Å². The summed E-state index contributed by atoms with van der Waals surface area (Å²) in [7, 11) is 1.51. The summed E-state index contributed by atoms with van der Waals surface area (Å²) < 4.78 is 43.4. The van der Waals surface area contributed by atoms with Crippen molar-refractivity contribution in [2.45, 2.75) is 32.0 Å². The van der Waals surface area contributed by atoms with E-state index in [0.717, 1.165) is 5.69 Å². The van der Waals surface area contributed by atoms with Crippen LogP contribution in [-0.4, -0.2) is 31.5 Å². The molecule has 1 heterocycles. The maximum absolute atomic E-state index is 12.7. The summed E-state index contributed by atoms with van der Waals surface area (Å²) >= 11 is 0. The fourth-order valence-electron chi connectivity index (χ4n) is 2.85. The van der Waals surface area contributed by atoms with Crippen LogP contribution in [0.1, 0.15) is 31.4 Å². The Kier molecular flexibility index (Phi) is 4.66. The molecule has 1 aliphatic heterocycles. The largest absolute Gasteiger partial charge is 0.496 e. The predicted octanol–water partition coefficient (Wildman–Crippen LogP) is 3.53. The third-order valence-corrected chi connectivity index (χ3v) is 3.98. The molecule has 1 atom stereocenters. The van der Waals surface area contributed by atoms with E-state index in [2.05, 4.69) is 0 Å². The first kappa shape index (κ1) is 15.9. The number of ether oxygens (including phenoxy) is 1. The Morgan fingerprint density at radius 1 is 1.29 bits per heavy atom. The van der Waals surface area contributed by atoms with Crippen molar-refractivity contribution in [1.29, 1.82) is 0 Å². The molecule has 0 bridgehead atoms. The highest BCUT2D eigenvalue weighted by atomic mass is 19.4. The number of piperidine rings is 1. The Labute approximate surface area is 122 Å². The molecule has 6 heteroatoms. The lowest BCUT2D eigenvalue weighted by molar-refractivity contribution is -0.179. The molecule has 0 saturated carbocycles. The van der Waals surface area contributed by atoms with Crippen molar-refractivity contribution in [1.82, 2.24) is 0 Å². The van der Waals surface area contributed by atoms with E-state index in [-0.39, 0.29) is 12.8 Å². The first-order valence-electron chi connectivity index (χ1n) is 7.01. The monoisotopic (exact) mass is 303 g/mol. The maximum Gasteiger partial charge on any atom is 0.391 e. The van der Waals surface area contributed by atoms with E-state index < -0.39 is 18.2 Å². The Morgan fingerprint density at radius 2 is 1.90 bits per heavy atom. The minimum absolute atomic E-state index is 0.0833. The zero-order valence-electron chi connectivity index (χ0n) is 12.2. The third kappa shape index (κ3) is 3.43. The van der Waals surface area contributed by atoms with Gasteiger partial charge in [-0.05, 0) is 31.9 Å². The zero-order valence-corrected chi connectivity index (χ0v) is 12.2. The first-order valence-corrected chi connectivity index (χ1v) is 7.01. The molecule has 1 saturated heterocycles. The molecule has 118 valence electrons. The van der Waals surface area contributed by atoms with Gasteiger partial charge in [0, 0.05) is 24.3 Å². The molecule has 2 rings (SSSR count). The van der Waals surface area contributed by atoms with Gasteiger partial charge >= 0.3 is 6.18 Å². The van der Waals surface area contributed by atoms with Gasteiger partial charge in [-0.2, -0.15) is 13.2 Å². The molecule has 1 fully saturated rings. The summed E-state index contributed by atoms with van der Waals surface area (Å²) in [6, 6.07) is 5.35. The van der Waals surface area contributed by atoms with Crippen LogP contribution in [-0.2, 0) is 0 Å². The van der Waals surface area contributed by atoms with Crippen molar-refractivity contribution in [2.24, 2.45) is 5.92 Å². The summed E-state index contributed by atoms with van der Waals surface area (Å²) in [5, 5.41) is 9.94. The lowest BCUT2D eigenvalue weighted by Crippen LogP contribution is -2.39. The number of hydrogen-bond donors (Lipinski definition) is 1. The zero-order chi connectivity index (χ0) is 15.6. The number of hydrogen-bond acceptors (Lipinski definition) is 3. The number of methoxy groups -OCH3 is 1. The summed E-state index contributed by atoms with van der Waals surface area (Å²) in [6.45, 7) is 2.29. The molecule has 0 unspecified atom stereocenters. The molecule has 1 N–H and O–H groups in total. The molecule has 3 nitrogen and oxygen atoms in total. The van der Waals surface area contributed by atoms with Gasteiger partial charge in [0.25, 0.3) is 0 Å². The van der Waals surface area contributed by atoms with Crippen molar-refractivity contribution >= 4 is 5.69 Å². The fourth-order valence-corrected chi connectivity index (χ4v) is 2.85. The molecule has 0 amide bonds. The lowest BCUT2D eigenvalue weighted by Gasteiger charge is -2.36. The highest BCUT2D eigenvalue weighted by Crippen LogP contribution is 2.39. The van der Waals surface area contributed by atoms with E-state index in [1.807, 2.05) is 11.0 Å². The predicted molar refractivity (Wildman–Crippen MR) is 74.6 cm³/mol. The molecular formula is C15H20F3NO2. The van der Waals surface area contributed by atoms with E-state index in [9.17, 15) is 18.3 Å². The maximum atomic E-state index is 12.7. The van der Waals surface area contributed by atoms with Gasteiger partial charge in [0.2, 0.25) is 0 Å². The fraction of sp³-hybridized carbons (Fsp3) is 0.600.